The maximum atomic E-state index is 14.1. The highest BCUT2D eigenvalue weighted by Crippen LogP contribution is 2.37. The van der Waals surface area contributed by atoms with Gasteiger partial charge in [-0.2, -0.15) is 9.44 Å². The van der Waals surface area contributed by atoms with E-state index in [1.807, 2.05) is 71.3 Å². The number of amides is 3. The van der Waals surface area contributed by atoms with Crippen molar-refractivity contribution in [3.63, 3.8) is 0 Å². The van der Waals surface area contributed by atoms with Gasteiger partial charge in [0, 0.05) is 54.3 Å². The Morgan fingerprint density at radius 1 is 0.654 bits per heavy atom. The number of ether oxygens (including phenoxy) is 1. The molecule has 26 heteroatoms. The first-order valence-corrected chi connectivity index (χ1v) is 32.7. The second-order valence-electron chi connectivity index (χ2n) is 22.6. The second kappa shape index (κ2) is 24.6. The number of likely N-dealkylation sites (tertiary alicyclic amines) is 2. The predicted molar refractivity (Wildman–Crippen MR) is 317 cm³/mol. The van der Waals surface area contributed by atoms with Crippen molar-refractivity contribution in [2.75, 3.05) is 61.6 Å². The van der Waals surface area contributed by atoms with Gasteiger partial charge in [0.05, 0.1) is 54.4 Å². The Hall–Kier alpha value is -5.77. The van der Waals surface area contributed by atoms with Crippen molar-refractivity contribution in [3.05, 3.63) is 116 Å². The lowest BCUT2D eigenvalue weighted by molar-refractivity contribution is -0.138. The number of alkyl carbamates (subject to hydrolysis) is 1. The fourth-order valence-electron chi connectivity index (χ4n) is 11.2. The molecule has 0 radical (unpaired) electrons. The molecule has 4 aliphatic rings. The van der Waals surface area contributed by atoms with Gasteiger partial charge in [0.1, 0.15) is 17.7 Å². The molecule has 0 bridgehead atoms. The lowest BCUT2D eigenvalue weighted by Gasteiger charge is -2.37. The van der Waals surface area contributed by atoms with Crippen molar-refractivity contribution in [1.29, 1.82) is 0 Å². The zero-order chi connectivity index (χ0) is 58.1. The minimum absolute atomic E-state index is 0.0555. The van der Waals surface area contributed by atoms with Crippen LogP contribution in [0.3, 0.4) is 0 Å². The number of sulfonamides is 2. The number of halogens is 2. The van der Waals surface area contributed by atoms with Gasteiger partial charge in [0.25, 0.3) is 0 Å². The van der Waals surface area contributed by atoms with Crippen molar-refractivity contribution >= 4 is 92.7 Å². The van der Waals surface area contributed by atoms with E-state index < -0.39 is 43.8 Å². The number of hydrogen-bond donors (Lipinski definition) is 4. The van der Waals surface area contributed by atoms with Gasteiger partial charge >= 0.3 is 6.09 Å². The number of nitrogens with one attached hydrogen (secondary N) is 3. The number of aromatic nitrogens is 6. The van der Waals surface area contributed by atoms with E-state index in [1.165, 1.54) is 0 Å². The van der Waals surface area contributed by atoms with Crippen LogP contribution in [-0.2, 0) is 34.4 Å². The maximum absolute atomic E-state index is 14.1. The molecule has 8 heterocycles. The highest BCUT2D eigenvalue weighted by molar-refractivity contribution is 9.10. The van der Waals surface area contributed by atoms with Crippen LogP contribution in [0.1, 0.15) is 130 Å². The van der Waals surface area contributed by atoms with Crippen LogP contribution in [0.25, 0.3) is 11.3 Å². The fourth-order valence-corrected chi connectivity index (χ4v) is 13.5. The minimum Gasteiger partial charge on any atom is -0.444 e. The number of fused-ring (bicyclic) bond motifs is 2. The molecule has 2 unspecified atom stereocenters. The van der Waals surface area contributed by atoms with Crippen LogP contribution >= 0.6 is 31.9 Å². The van der Waals surface area contributed by atoms with Crippen molar-refractivity contribution < 1.29 is 36.0 Å². The Morgan fingerprint density at radius 2 is 1.10 bits per heavy atom. The van der Waals surface area contributed by atoms with Gasteiger partial charge in [-0.3, -0.25) is 9.59 Å². The second-order valence-corrected chi connectivity index (χ2v) is 27.9. The van der Waals surface area contributed by atoms with Crippen LogP contribution in [0, 0.1) is 13.8 Å². The van der Waals surface area contributed by atoms with E-state index >= 15 is 0 Å². The van der Waals surface area contributed by atoms with E-state index in [-0.39, 0.29) is 36.0 Å². The Labute approximate surface area is 490 Å². The van der Waals surface area contributed by atoms with Crippen molar-refractivity contribution in [1.82, 2.24) is 53.8 Å². The van der Waals surface area contributed by atoms with Gasteiger partial charge in [-0.05, 0) is 133 Å². The SMILES string of the molecule is Cc1cc2nc([C@@H]3CCCCN3C(=O)C(NS(C)(=O)=O)c3ccccc3Br)cn2nc1N1CC[C@H](N)C1.Cc1cc2nc([C@@H]3CCCCN3C(=O)C(NS(C)(=O)=O)c3ccccc3Br)cn2nc1N1CC[C@H](NC(=O)OC(C)(C)C)C1. The topological polar surface area (TPSA) is 264 Å². The first-order chi connectivity index (χ1) is 38.3. The number of nitrogens with zero attached hydrogens (tertiary/aromatic N) is 10. The third kappa shape index (κ3) is 14.5. The van der Waals surface area contributed by atoms with E-state index in [9.17, 15) is 31.2 Å². The molecule has 0 spiro atoms. The summed E-state index contributed by atoms with van der Waals surface area (Å²) in [6.45, 7) is 13.5. The number of aryl methyl sites for hydroxylation is 2. The molecule has 0 aliphatic carbocycles. The lowest BCUT2D eigenvalue weighted by atomic mass is 9.97. The molecule has 4 aromatic heterocycles. The molecule has 4 saturated heterocycles. The molecule has 2 aromatic carbocycles. The molecule has 4 aliphatic heterocycles. The summed E-state index contributed by atoms with van der Waals surface area (Å²) >= 11 is 6.97. The van der Waals surface area contributed by atoms with Crippen molar-refractivity contribution in [3.8, 4) is 0 Å². The van der Waals surface area contributed by atoms with Gasteiger partial charge in [-0.1, -0.05) is 68.3 Å². The van der Waals surface area contributed by atoms with Gasteiger partial charge in [-0.25, -0.2) is 40.6 Å². The average molecular weight is 1280 g/mol. The number of carbonyl (C=O) groups is 3. The van der Waals surface area contributed by atoms with Gasteiger partial charge in [0.15, 0.2) is 22.9 Å². The molecule has 22 nitrogen and oxygen atoms in total. The maximum Gasteiger partial charge on any atom is 0.407 e. The molecule has 436 valence electrons. The van der Waals surface area contributed by atoms with Crippen LogP contribution in [0.2, 0.25) is 0 Å². The van der Waals surface area contributed by atoms with Crippen molar-refractivity contribution in [2.45, 2.75) is 128 Å². The van der Waals surface area contributed by atoms with Gasteiger partial charge in [0.2, 0.25) is 31.9 Å². The molecule has 0 saturated carbocycles. The van der Waals surface area contributed by atoms with Gasteiger partial charge < -0.3 is 35.4 Å². The number of rotatable bonds is 13. The number of nitrogens with two attached hydrogens (primary N) is 1. The van der Waals surface area contributed by atoms with E-state index in [0.717, 1.165) is 106 Å². The van der Waals surface area contributed by atoms with Crippen LogP contribution in [0.5, 0.6) is 0 Å². The molecular formula is C55H72Br2N14O8S2. The molecule has 5 N–H and O–H groups in total. The average Bonchev–Trinajstić information content (AvgIpc) is 4.31. The summed E-state index contributed by atoms with van der Waals surface area (Å²) in [6.07, 6.45) is 12.1. The van der Waals surface area contributed by atoms with E-state index in [2.05, 4.69) is 56.4 Å². The zero-order valence-corrected chi connectivity index (χ0v) is 51.5. The first-order valence-electron chi connectivity index (χ1n) is 27.3. The summed E-state index contributed by atoms with van der Waals surface area (Å²) in [7, 11) is -7.35. The Morgan fingerprint density at radius 3 is 1.52 bits per heavy atom. The summed E-state index contributed by atoms with van der Waals surface area (Å²) in [5.41, 5.74) is 11.5. The smallest absolute Gasteiger partial charge is 0.407 e. The molecule has 3 amide bonds. The molecule has 10 rings (SSSR count). The highest BCUT2D eigenvalue weighted by Gasteiger charge is 2.39. The zero-order valence-electron chi connectivity index (χ0n) is 46.7. The minimum atomic E-state index is -3.69. The first kappa shape index (κ1) is 59.8. The Balaban J connectivity index is 0.000000198. The Bertz CT molecular complexity index is 3540. The monoisotopic (exact) mass is 1280 g/mol. The summed E-state index contributed by atoms with van der Waals surface area (Å²) in [4.78, 5) is 57.9. The van der Waals surface area contributed by atoms with Gasteiger partial charge in [-0.15, -0.1) is 10.2 Å². The third-order valence-electron chi connectivity index (χ3n) is 14.8. The Kier molecular flexibility index (Phi) is 18.2. The summed E-state index contributed by atoms with van der Waals surface area (Å²) in [6, 6.07) is 15.7. The summed E-state index contributed by atoms with van der Waals surface area (Å²) in [5, 5.41) is 12.7. The number of hydrogen-bond acceptors (Lipinski definition) is 15. The summed E-state index contributed by atoms with van der Waals surface area (Å²) in [5.74, 6) is 1.08. The molecule has 6 atom stereocenters. The van der Waals surface area contributed by atoms with Crippen LogP contribution in [0.15, 0.2) is 82.0 Å². The summed E-state index contributed by atoms with van der Waals surface area (Å²) < 4.78 is 64.5. The number of imidazole rings is 2. The number of carbonyl (C=O) groups excluding carboxylic acids is 3. The standard InChI is InChI=1S/C30H40BrN7O5S.C25H32BrN7O3S/c1-19-16-25-33-23(18-38(25)34-27(19)36-15-13-20(17-36)32-29(40)43-30(2,3)4)24-12-8-9-14-37(24)28(39)26(35-44(5,41)42)21-10-6-7-11-22(21)31;1-16-13-22-28-20(15-33(22)29-24(16)31-12-10-17(27)14-31)21-9-5-6-11-32(21)25(34)23(30-37(2,35)36)18-7-3-4-8-19(18)26/h6-7,10-11,16,18,20,24,26,35H,8-9,12-15,17H2,1-5H3,(H,32,40);3-4,7-8,13,15,17,21,23,30H,5-6,9-12,14,27H2,1-2H3/t20-,24-,26?;17-,21-,23?/m00/s1. The number of piperidine rings is 2. The lowest BCUT2D eigenvalue weighted by Crippen LogP contribution is -2.46. The van der Waals surface area contributed by atoms with Crippen LogP contribution < -0.4 is 30.3 Å². The van der Waals surface area contributed by atoms with E-state index in [4.69, 9.17) is 30.6 Å². The van der Waals surface area contributed by atoms with Crippen LogP contribution in [-0.4, -0.2) is 143 Å². The van der Waals surface area contributed by atoms with E-state index in [1.54, 1.807) is 55.2 Å². The largest absolute Gasteiger partial charge is 0.444 e. The quantitative estimate of drug-likeness (QED) is 0.0914. The van der Waals surface area contributed by atoms with E-state index in [0.29, 0.717) is 63.1 Å². The molecular weight excluding hydrogens is 1210 g/mol. The van der Waals surface area contributed by atoms with Crippen molar-refractivity contribution in [2.24, 2.45) is 5.73 Å². The van der Waals surface area contributed by atoms with Crippen LogP contribution in [0.4, 0.5) is 16.4 Å². The number of benzene rings is 2. The molecule has 4 fully saturated rings. The third-order valence-corrected chi connectivity index (χ3v) is 17.6. The highest BCUT2D eigenvalue weighted by atomic mass is 79.9. The fraction of sp³-hybridized carbons (Fsp3) is 0.509. The predicted octanol–water partition coefficient (Wildman–Crippen LogP) is 6.93. The molecule has 6 aromatic rings. The normalized spacial score (nSPS) is 20.8. The number of anilines is 2. The molecule has 81 heavy (non-hydrogen) atoms.